The molecule has 1 aromatic heterocycles. The lowest BCUT2D eigenvalue weighted by atomic mass is 10.2. The summed E-state index contributed by atoms with van der Waals surface area (Å²) in [6.07, 6.45) is 0. The standard InChI is InChI=1S/C8H11ClN2O3/c1-3-14-8(12)6-5(4-13-2)7(9)11-10-6/h3-4H2,1-2H3,(H,10,11). The fourth-order valence-electron chi connectivity index (χ4n) is 0.988. The van der Waals surface area contributed by atoms with E-state index in [-0.39, 0.29) is 12.3 Å². The lowest BCUT2D eigenvalue weighted by molar-refractivity contribution is 0.0514. The van der Waals surface area contributed by atoms with Crippen molar-refractivity contribution in [1.29, 1.82) is 0 Å². The van der Waals surface area contributed by atoms with Gasteiger partial charge in [-0.25, -0.2) is 4.79 Å². The Morgan fingerprint density at radius 1 is 1.64 bits per heavy atom. The molecule has 6 heteroatoms. The first-order chi connectivity index (χ1) is 6.70. The number of nitrogens with zero attached hydrogens (tertiary/aromatic N) is 1. The second-order valence-electron chi connectivity index (χ2n) is 2.52. The number of aromatic nitrogens is 2. The van der Waals surface area contributed by atoms with Crippen molar-refractivity contribution in [2.75, 3.05) is 13.7 Å². The lowest BCUT2D eigenvalue weighted by Gasteiger charge is -2.01. The SMILES string of the molecule is CCOC(=O)c1n[nH]c(Cl)c1COC. The summed E-state index contributed by atoms with van der Waals surface area (Å²) in [5.74, 6) is -0.497. The molecule has 5 nitrogen and oxygen atoms in total. The molecule has 0 unspecified atom stereocenters. The molecule has 1 N–H and O–H groups in total. The summed E-state index contributed by atoms with van der Waals surface area (Å²) < 4.78 is 9.68. The van der Waals surface area contributed by atoms with E-state index in [0.717, 1.165) is 0 Å². The van der Waals surface area contributed by atoms with Crippen LogP contribution in [0.25, 0.3) is 0 Å². The van der Waals surface area contributed by atoms with E-state index in [0.29, 0.717) is 17.3 Å². The monoisotopic (exact) mass is 218 g/mol. The van der Waals surface area contributed by atoms with E-state index in [9.17, 15) is 4.79 Å². The molecule has 0 spiro atoms. The zero-order chi connectivity index (χ0) is 10.6. The van der Waals surface area contributed by atoms with Gasteiger partial charge in [-0.15, -0.1) is 0 Å². The van der Waals surface area contributed by atoms with E-state index in [1.54, 1.807) is 6.92 Å². The molecule has 0 aliphatic heterocycles. The second kappa shape index (κ2) is 4.97. The maximum absolute atomic E-state index is 11.3. The normalized spacial score (nSPS) is 10.2. The quantitative estimate of drug-likeness (QED) is 0.776. The van der Waals surface area contributed by atoms with Gasteiger partial charge in [-0.3, -0.25) is 5.10 Å². The summed E-state index contributed by atoms with van der Waals surface area (Å²) in [7, 11) is 1.51. The minimum atomic E-state index is -0.497. The van der Waals surface area contributed by atoms with Gasteiger partial charge in [0.2, 0.25) is 0 Å². The van der Waals surface area contributed by atoms with Crippen LogP contribution in [0.3, 0.4) is 0 Å². The number of esters is 1. The number of hydrogen-bond acceptors (Lipinski definition) is 4. The van der Waals surface area contributed by atoms with Crippen molar-refractivity contribution in [3.63, 3.8) is 0 Å². The second-order valence-corrected chi connectivity index (χ2v) is 2.90. The molecule has 14 heavy (non-hydrogen) atoms. The Morgan fingerprint density at radius 3 is 2.93 bits per heavy atom. The van der Waals surface area contributed by atoms with E-state index < -0.39 is 5.97 Å². The molecule has 0 fully saturated rings. The fourth-order valence-corrected chi connectivity index (χ4v) is 1.17. The first kappa shape index (κ1) is 11.0. The van der Waals surface area contributed by atoms with Crippen molar-refractivity contribution >= 4 is 17.6 Å². The highest BCUT2D eigenvalue weighted by Gasteiger charge is 2.19. The summed E-state index contributed by atoms with van der Waals surface area (Å²) in [4.78, 5) is 11.3. The highest BCUT2D eigenvalue weighted by molar-refractivity contribution is 6.30. The van der Waals surface area contributed by atoms with Crippen molar-refractivity contribution in [1.82, 2.24) is 10.2 Å². The number of carbonyl (C=O) groups excluding carboxylic acids is 1. The summed E-state index contributed by atoms with van der Waals surface area (Å²) >= 11 is 5.76. The van der Waals surface area contributed by atoms with Crippen molar-refractivity contribution in [2.45, 2.75) is 13.5 Å². The minimum Gasteiger partial charge on any atom is -0.461 e. The van der Waals surface area contributed by atoms with Crippen LogP contribution in [0, 0.1) is 0 Å². The summed E-state index contributed by atoms with van der Waals surface area (Å²) in [5.41, 5.74) is 0.700. The van der Waals surface area contributed by atoms with Gasteiger partial charge in [0, 0.05) is 12.7 Å². The van der Waals surface area contributed by atoms with E-state index in [1.165, 1.54) is 7.11 Å². The number of rotatable bonds is 4. The predicted octanol–water partition coefficient (Wildman–Crippen LogP) is 1.39. The maximum Gasteiger partial charge on any atom is 0.359 e. The van der Waals surface area contributed by atoms with E-state index >= 15 is 0 Å². The number of nitrogens with one attached hydrogen (secondary N) is 1. The average Bonchev–Trinajstić information content (AvgIpc) is 2.50. The number of halogens is 1. The van der Waals surface area contributed by atoms with Gasteiger partial charge in [0.25, 0.3) is 0 Å². The first-order valence-electron chi connectivity index (χ1n) is 4.09. The molecular weight excluding hydrogens is 208 g/mol. The Hall–Kier alpha value is -1.07. The Bertz CT molecular complexity index is 324. The van der Waals surface area contributed by atoms with Gasteiger partial charge in [-0.05, 0) is 6.92 Å². The molecule has 0 aromatic carbocycles. The molecule has 0 aliphatic rings. The topological polar surface area (TPSA) is 64.2 Å². The first-order valence-corrected chi connectivity index (χ1v) is 4.47. The van der Waals surface area contributed by atoms with Crippen molar-refractivity contribution in [3.8, 4) is 0 Å². The molecule has 0 saturated carbocycles. The van der Waals surface area contributed by atoms with Crippen LogP contribution in [-0.2, 0) is 16.1 Å². The molecule has 1 heterocycles. The molecule has 0 radical (unpaired) electrons. The van der Waals surface area contributed by atoms with E-state index in [2.05, 4.69) is 10.2 Å². The van der Waals surface area contributed by atoms with Crippen molar-refractivity contribution < 1.29 is 14.3 Å². The largest absolute Gasteiger partial charge is 0.461 e. The third-order valence-corrected chi connectivity index (χ3v) is 1.89. The van der Waals surface area contributed by atoms with Crippen LogP contribution >= 0.6 is 11.6 Å². The van der Waals surface area contributed by atoms with Crippen molar-refractivity contribution in [2.24, 2.45) is 0 Å². The van der Waals surface area contributed by atoms with Crippen LogP contribution in [0.2, 0.25) is 5.15 Å². The van der Waals surface area contributed by atoms with Crippen LogP contribution in [0.1, 0.15) is 23.0 Å². The van der Waals surface area contributed by atoms with Gasteiger partial charge in [-0.2, -0.15) is 5.10 Å². The maximum atomic E-state index is 11.3. The van der Waals surface area contributed by atoms with Crippen LogP contribution < -0.4 is 0 Å². The van der Waals surface area contributed by atoms with Crippen LogP contribution in [-0.4, -0.2) is 29.9 Å². The molecule has 78 valence electrons. The highest BCUT2D eigenvalue weighted by atomic mass is 35.5. The number of ether oxygens (including phenoxy) is 2. The van der Waals surface area contributed by atoms with Gasteiger partial charge < -0.3 is 9.47 Å². The number of hydrogen-bond donors (Lipinski definition) is 1. The van der Waals surface area contributed by atoms with E-state index in [4.69, 9.17) is 21.1 Å². The zero-order valence-corrected chi connectivity index (χ0v) is 8.72. The van der Waals surface area contributed by atoms with Gasteiger partial charge in [0.1, 0.15) is 5.15 Å². The Labute approximate surface area is 86.3 Å². The van der Waals surface area contributed by atoms with Gasteiger partial charge >= 0.3 is 5.97 Å². The molecule has 0 saturated heterocycles. The summed E-state index contributed by atoms with van der Waals surface area (Å²) in [6, 6.07) is 0. The average molecular weight is 219 g/mol. The Kier molecular flexibility index (Phi) is 3.91. The minimum absolute atomic E-state index is 0.179. The number of H-pyrrole nitrogens is 1. The van der Waals surface area contributed by atoms with Crippen molar-refractivity contribution in [3.05, 3.63) is 16.4 Å². The smallest absolute Gasteiger partial charge is 0.359 e. The number of methoxy groups -OCH3 is 1. The molecule has 0 amide bonds. The Morgan fingerprint density at radius 2 is 2.36 bits per heavy atom. The fraction of sp³-hybridized carbons (Fsp3) is 0.500. The third-order valence-electron chi connectivity index (χ3n) is 1.57. The molecule has 0 bridgehead atoms. The Balaban J connectivity index is 2.90. The predicted molar refractivity (Wildman–Crippen MR) is 50.3 cm³/mol. The third kappa shape index (κ3) is 2.24. The molecule has 1 aromatic rings. The molecule has 1 rings (SSSR count). The molecule has 0 aliphatic carbocycles. The number of carbonyl (C=O) groups is 1. The summed E-state index contributed by atoms with van der Waals surface area (Å²) in [5, 5.41) is 6.54. The highest BCUT2D eigenvalue weighted by Crippen LogP contribution is 2.18. The van der Waals surface area contributed by atoms with Gasteiger partial charge in [-0.1, -0.05) is 11.6 Å². The van der Waals surface area contributed by atoms with E-state index in [1.807, 2.05) is 0 Å². The number of aromatic amines is 1. The molecule has 0 atom stereocenters. The van der Waals surface area contributed by atoms with Crippen LogP contribution in [0.5, 0.6) is 0 Å². The van der Waals surface area contributed by atoms with Gasteiger partial charge in [0.15, 0.2) is 5.69 Å². The van der Waals surface area contributed by atoms with Crippen LogP contribution in [0.15, 0.2) is 0 Å². The van der Waals surface area contributed by atoms with Gasteiger partial charge in [0.05, 0.1) is 13.2 Å². The lowest BCUT2D eigenvalue weighted by Crippen LogP contribution is -2.08. The summed E-state index contributed by atoms with van der Waals surface area (Å²) in [6.45, 7) is 2.25. The van der Waals surface area contributed by atoms with Crippen LogP contribution in [0.4, 0.5) is 0 Å². The zero-order valence-electron chi connectivity index (χ0n) is 7.96. The molecular formula is C8H11ClN2O3.